The number of nitrogens with zero attached hydrogens (tertiary/aromatic N) is 2. The highest BCUT2D eigenvalue weighted by Crippen LogP contribution is 2.27. The fraction of sp³-hybridized carbons (Fsp3) is 0.421. The number of hydrogen-bond donors (Lipinski definition) is 1. The molecular weight excluding hydrogens is 288 g/mol. The zero-order chi connectivity index (χ0) is 16.4. The maximum absolute atomic E-state index is 12.7. The molecule has 2 unspecified atom stereocenters. The van der Waals surface area contributed by atoms with Crippen LogP contribution in [0, 0.1) is 5.92 Å². The van der Waals surface area contributed by atoms with Crippen molar-refractivity contribution in [1.82, 2.24) is 9.47 Å². The average Bonchev–Trinajstić information content (AvgIpc) is 3.14. The quantitative estimate of drug-likeness (QED) is 0.943. The summed E-state index contributed by atoms with van der Waals surface area (Å²) in [6.45, 7) is 0.617. The topological polar surface area (TPSA) is 45.5 Å². The van der Waals surface area contributed by atoms with E-state index in [0.29, 0.717) is 12.2 Å². The van der Waals surface area contributed by atoms with Crippen molar-refractivity contribution in [2.45, 2.75) is 25.4 Å². The van der Waals surface area contributed by atoms with Gasteiger partial charge < -0.3 is 14.6 Å². The second kappa shape index (κ2) is 6.59. The summed E-state index contributed by atoms with van der Waals surface area (Å²) >= 11 is 0. The second-order valence-electron chi connectivity index (χ2n) is 6.47. The van der Waals surface area contributed by atoms with E-state index in [1.807, 2.05) is 61.1 Å². The highest BCUT2D eigenvalue weighted by Gasteiger charge is 2.28. The van der Waals surface area contributed by atoms with Gasteiger partial charge in [0.1, 0.15) is 5.69 Å². The number of carbonyl (C=O) groups is 1. The molecule has 0 bridgehead atoms. The Kier molecular flexibility index (Phi) is 4.53. The van der Waals surface area contributed by atoms with Crippen molar-refractivity contribution in [1.29, 1.82) is 0 Å². The Morgan fingerprint density at radius 3 is 2.61 bits per heavy atom. The molecule has 23 heavy (non-hydrogen) atoms. The van der Waals surface area contributed by atoms with Crippen LogP contribution in [0.3, 0.4) is 0 Å². The van der Waals surface area contributed by atoms with Gasteiger partial charge in [-0.25, -0.2) is 0 Å². The summed E-state index contributed by atoms with van der Waals surface area (Å²) in [6.07, 6.45) is 2.64. The first-order chi connectivity index (χ1) is 11.1. The second-order valence-corrected chi connectivity index (χ2v) is 6.47. The molecule has 1 heterocycles. The highest BCUT2D eigenvalue weighted by molar-refractivity contribution is 5.93. The van der Waals surface area contributed by atoms with Crippen LogP contribution in [0.2, 0.25) is 0 Å². The minimum Gasteiger partial charge on any atom is -0.393 e. The lowest BCUT2D eigenvalue weighted by molar-refractivity contribution is 0.0685. The molecule has 1 aliphatic carbocycles. The standard InChI is InChI=1S/C19H24N2O2/c1-20(13-15-9-6-10-18(15)22)19(23)17-12-11-16(21(17)2)14-7-4-3-5-8-14/h3-5,7-8,11-12,15,18,22H,6,9-10,13H2,1-2H3. The maximum Gasteiger partial charge on any atom is 0.270 e. The number of hydrogen-bond acceptors (Lipinski definition) is 2. The highest BCUT2D eigenvalue weighted by atomic mass is 16.3. The summed E-state index contributed by atoms with van der Waals surface area (Å²) in [5.74, 6) is 0.214. The van der Waals surface area contributed by atoms with Gasteiger partial charge in [0, 0.05) is 32.3 Å². The molecule has 1 aliphatic rings. The zero-order valence-corrected chi connectivity index (χ0v) is 13.8. The van der Waals surface area contributed by atoms with E-state index >= 15 is 0 Å². The van der Waals surface area contributed by atoms with Crippen LogP contribution in [0.4, 0.5) is 0 Å². The summed E-state index contributed by atoms with van der Waals surface area (Å²) in [6, 6.07) is 13.9. The van der Waals surface area contributed by atoms with Gasteiger partial charge >= 0.3 is 0 Å². The van der Waals surface area contributed by atoms with E-state index < -0.39 is 0 Å². The van der Waals surface area contributed by atoms with E-state index in [4.69, 9.17) is 0 Å². The maximum atomic E-state index is 12.7. The molecule has 4 heteroatoms. The van der Waals surface area contributed by atoms with E-state index in [1.165, 1.54) is 0 Å². The fourth-order valence-corrected chi connectivity index (χ4v) is 3.49. The number of carbonyl (C=O) groups excluding carboxylic acids is 1. The summed E-state index contributed by atoms with van der Waals surface area (Å²) in [4.78, 5) is 14.5. The normalized spacial score (nSPS) is 20.7. The predicted octanol–water partition coefficient (Wildman–Crippen LogP) is 2.93. The lowest BCUT2D eigenvalue weighted by atomic mass is 10.1. The summed E-state index contributed by atoms with van der Waals surface area (Å²) in [7, 11) is 3.75. The van der Waals surface area contributed by atoms with Crippen LogP contribution in [0.15, 0.2) is 42.5 Å². The molecule has 0 saturated heterocycles. The van der Waals surface area contributed by atoms with Crippen LogP contribution in [-0.4, -0.2) is 40.2 Å². The number of amides is 1. The van der Waals surface area contributed by atoms with Gasteiger partial charge in [-0.1, -0.05) is 36.8 Å². The molecule has 2 aromatic rings. The molecule has 1 fully saturated rings. The minimum absolute atomic E-state index is 0.00813. The molecule has 1 N–H and O–H groups in total. The van der Waals surface area contributed by atoms with Gasteiger partial charge in [-0.2, -0.15) is 0 Å². The third-order valence-electron chi connectivity index (χ3n) is 4.88. The molecule has 2 atom stereocenters. The number of aromatic nitrogens is 1. The van der Waals surface area contributed by atoms with E-state index in [-0.39, 0.29) is 17.9 Å². The molecule has 3 rings (SSSR count). The van der Waals surface area contributed by atoms with Crippen molar-refractivity contribution in [3.63, 3.8) is 0 Å². The van der Waals surface area contributed by atoms with Crippen LogP contribution in [-0.2, 0) is 7.05 Å². The molecule has 1 aromatic heterocycles. The van der Waals surface area contributed by atoms with E-state index in [1.54, 1.807) is 4.90 Å². The minimum atomic E-state index is -0.265. The Labute approximate surface area is 137 Å². The molecule has 4 nitrogen and oxygen atoms in total. The summed E-state index contributed by atoms with van der Waals surface area (Å²) in [5.41, 5.74) is 2.81. The third-order valence-corrected chi connectivity index (χ3v) is 4.88. The van der Waals surface area contributed by atoms with Gasteiger partial charge in [0.05, 0.1) is 6.10 Å². The van der Waals surface area contributed by atoms with Crippen LogP contribution in [0.25, 0.3) is 11.3 Å². The predicted molar refractivity (Wildman–Crippen MR) is 91.2 cm³/mol. The Morgan fingerprint density at radius 1 is 1.22 bits per heavy atom. The van der Waals surface area contributed by atoms with Gasteiger partial charge in [0.15, 0.2) is 0 Å². The van der Waals surface area contributed by atoms with Crippen molar-refractivity contribution < 1.29 is 9.90 Å². The number of aliphatic hydroxyl groups excluding tert-OH is 1. The third kappa shape index (κ3) is 3.17. The molecular formula is C19H24N2O2. The molecule has 1 aromatic carbocycles. The molecule has 0 aliphatic heterocycles. The molecule has 0 spiro atoms. The Bertz CT molecular complexity index is 678. The largest absolute Gasteiger partial charge is 0.393 e. The first-order valence-electron chi connectivity index (χ1n) is 8.22. The van der Waals surface area contributed by atoms with Crippen molar-refractivity contribution in [3.05, 3.63) is 48.2 Å². The van der Waals surface area contributed by atoms with Crippen LogP contribution >= 0.6 is 0 Å². The van der Waals surface area contributed by atoms with Gasteiger partial charge in [-0.3, -0.25) is 4.79 Å². The number of rotatable bonds is 4. The van der Waals surface area contributed by atoms with Gasteiger partial charge in [-0.05, 0) is 30.5 Å². The fourth-order valence-electron chi connectivity index (χ4n) is 3.49. The van der Waals surface area contributed by atoms with Crippen molar-refractivity contribution >= 4 is 5.91 Å². The monoisotopic (exact) mass is 312 g/mol. The van der Waals surface area contributed by atoms with Crippen LogP contribution in [0.1, 0.15) is 29.8 Å². The first-order valence-corrected chi connectivity index (χ1v) is 8.22. The van der Waals surface area contributed by atoms with Crippen LogP contribution in [0.5, 0.6) is 0 Å². The number of benzene rings is 1. The van der Waals surface area contributed by atoms with E-state index in [2.05, 4.69) is 0 Å². The molecule has 0 radical (unpaired) electrons. The Hall–Kier alpha value is -2.07. The summed E-state index contributed by atoms with van der Waals surface area (Å²) in [5, 5.41) is 9.95. The smallest absolute Gasteiger partial charge is 0.270 e. The molecule has 1 amide bonds. The Morgan fingerprint density at radius 2 is 1.96 bits per heavy atom. The van der Waals surface area contributed by atoms with Crippen LogP contribution < -0.4 is 0 Å². The lowest BCUT2D eigenvalue weighted by Crippen LogP contribution is -2.35. The molecule has 122 valence electrons. The van der Waals surface area contributed by atoms with Gasteiger partial charge in [-0.15, -0.1) is 0 Å². The van der Waals surface area contributed by atoms with Gasteiger partial charge in [0.2, 0.25) is 0 Å². The SMILES string of the molecule is CN(CC1CCCC1O)C(=O)c1ccc(-c2ccccc2)n1C. The van der Waals surface area contributed by atoms with E-state index in [9.17, 15) is 9.90 Å². The molecule has 1 saturated carbocycles. The first kappa shape index (κ1) is 15.8. The number of aliphatic hydroxyl groups is 1. The summed E-state index contributed by atoms with van der Waals surface area (Å²) < 4.78 is 1.94. The lowest BCUT2D eigenvalue weighted by Gasteiger charge is -2.23. The van der Waals surface area contributed by atoms with Crippen molar-refractivity contribution in [3.8, 4) is 11.3 Å². The average molecular weight is 312 g/mol. The van der Waals surface area contributed by atoms with Crippen molar-refractivity contribution in [2.75, 3.05) is 13.6 Å². The van der Waals surface area contributed by atoms with E-state index in [0.717, 1.165) is 30.5 Å². The zero-order valence-electron chi connectivity index (χ0n) is 13.8. The van der Waals surface area contributed by atoms with Gasteiger partial charge in [0.25, 0.3) is 5.91 Å². The Balaban J connectivity index is 1.76. The van der Waals surface area contributed by atoms with Crippen molar-refractivity contribution in [2.24, 2.45) is 13.0 Å².